The van der Waals surface area contributed by atoms with Crippen molar-refractivity contribution in [2.45, 2.75) is 20.5 Å². The molecule has 0 saturated heterocycles. The molecule has 0 aromatic heterocycles. The predicted octanol–water partition coefficient (Wildman–Crippen LogP) is 7.29. The lowest BCUT2D eigenvalue weighted by atomic mass is 10.1. The monoisotopic (exact) mass is 668 g/mol. The van der Waals surface area contributed by atoms with Gasteiger partial charge < -0.3 is 10.1 Å². The van der Waals surface area contributed by atoms with E-state index in [4.69, 9.17) is 16.3 Å². The number of carbonyl (C=O) groups is 1. The van der Waals surface area contributed by atoms with Gasteiger partial charge in [0.25, 0.3) is 5.91 Å². The Morgan fingerprint density at radius 2 is 1.75 bits per heavy atom. The molecule has 0 heterocycles. The number of hydrogen-bond donors (Lipinski definition) is 1. The molecule has 1 N–H and O–H groups in total. The van der Waals surface area contributed by atoms with E-state index in [0.29, 0.717) is 17.3 Å². The van der Waals surface area contributed by atoms with Crippen LogP contribution in [-0.4, -0.2) is 5.91 Å². The van der Waals surface area contributed by atoms with E-state index < -0.39 is 5.91 Å². The molecule has 0 atom stereocenters. The van der Waals surface area contributed by atoms with Crippen molar-refractivity contribution < 1.29 is 9.53 Å². The Labute approximate surface area is 219 Å². The van der Waals surface area contributed by atoms with E-state index in [-0.39, 0.29) is 5.57 Å². The minimum absolute atomic E-state index is 0.00398. The summed E-state index contributed by atoms with van der Waals surface area (Å²) in [6, 6.07) is 19.2. The summed E-state index contributed by atoms with van der Waals surface area (Å²) in [5.41, 5.74) is 4.48. The van der Waals surface area contributed by atoms with Crippen LogP contribution in [0.15, 0.2) is 60.2 Å². The molecule has 0 bridgehead atoms. The van der Waals surface area contributed by atoms with Gasteiger partial charge in [0, 0.05) is 10.7 Å². The van der Waals surface area contributed by atoms with Gasteiger partial charge in [0.1, 0.15) is 24.0 Å². The molecule has 0 aliphatic heterocycles. The summed E-state index contributed by atoms with van der Waals surface area (Å²) < 4.78 is 7.84. The summed E-state index contributed by atoms with van der Waals surface area (Å²) >= 11 is 10.4. The maximum atomic E-state index is 12.7. The highest BCUT2D eigenvalue weighted by atomic mass is 127. The van der Waals surface area contributed by atoms with Gasteiger partial charge in [0.15, 0.2) is 0 Å². The first kappa shape index (κ1) is 24.6. The Balaban J connectivity index is 1.78. The lowest BCUT2D eigenvalue weighted by Crippen LogP contribution is -2.14. The largest absolute Gasteiger partial charge is 0.487 e. The first-order valence-electron chi connectivity index (χ1n) is 9.63. The first-order valence-corrected chi connectivity index (χ1v) is 12.2. The Morgan fingerprint density at radius 1 is 1.09 bits per heavy atom. The number of nitriles is 1. The second kappa shape index (κ2) is 11.2. The molecule has 0 radical (unpaired) electrons. The number of nitrogens with zero attached hydrogens (tertiary/aromatic N) is 1. The number of aryl methyl sites for hydroxylation is 2. The smallest absolute Gasteiger partial charge is 0.266 e. The molecule has 3 rings (SSSR count). The van der Waals surface area contributed by atoms with Crippen molar-refractivity contribution in [3.05, 3.63) is 94.6 Å². The fraction of sp³-hybridized carbons (Fsp3) is 0.120. The van der Waals surface area contributed by atoms with Gasteiger partial charge in [-0.25, -0.2) is 0 Å². The van der Waals surface area contributed by atoms with Crippen LogP contribution in [0.5, 0.6) is 5.75 Å². The zero-order valence-corrected chi connectivity index (χ0v) is 22.4. The van der Waals surface area contributed by atoms with Gasteiger partial charge in [-0.3, -0.25) is 4.79 Å². The van der Waals surface area contributed by atoms with Gasteiger partial charge in [0.05, 0.1) is 7.14 Å². The Bertz CT molecular complexity index is 1210. The number of anilines is 1. The zero-order valence-electron chi connectivity index (χ0n) is 17.4. The van der Waals surface area contributed by atoms with Crippen molar-refractivity contribution in [3.8, 4) is 11.8 Å². The molecule has 0 aliphatic rings. The highest BCUT2D eigenvalue weighted by molar-refractivity contribution is 14.1. The molecule has 32 heavy (non-hydrogen) atoms. The Morgan fingerprint density at radius 3 is 2.38 bits per heavy atom. The normalized spacial score (nSPS) is 11.1. The highest BCUT2D eigenvalue weighted by Crippen LogP contribution is 2.31. The lowest BCUT2D eigenvalue weighted by molar-refractivity contribution is -0.112. The van der Waals surface area contributed by atoms with Crippen molar-refractivity contribution in [1.82, 2.24) is 0 Å². The van der Waals surface area contributed by atoms with E-state index in [1.54, 1.807) is 18.2 Å². The van der Waals surface area contributed by atoms with Crippen molar-refractivity contribution in [1.29, 1.82) is 5.26 Å². The number of ether oxygens (including phenoxy) is 1. The zero-order chi connectivity index (χ0) is 23.3. The quantitative estimate of drug-likeness (QED) is 0.171. The molecule has 3 aromatic rings. The van der Waals surface area contributed by atoms with Gasteiger partial charge >= 0.3 is 0 Å². The molecular weight excluding hydrogens is 650 g/mol. The van der Waals surface area contributed by atoms with E-state index in [9.17, 15) is 10.1 Å². The topological polar surface area (TPSA) is 62.1 Å². The Hall–Kier alpha value is -2.09. The van der Waals surface area contributed by atoms with Crippen molar-refractivity contribution in [2.75, 3.05) is 5.32 Å². The van der Waals surface area contributed by atoms with Crippen molar-refractivity contribution in [3.63, 3.8) is 0 Å². The molecule has 0 unspecified atom stereocenters. The molecular formula is C25H19ClI2N2O2. The fourth-order valence-corrected chi connectivity index (χ4v) is 5.17. The molecule has 4 nitrogen and oxygen atoms in total. The van der Waals surface area contributed by atoms with Crippen LogP contribution >= 0.6 is 56.8 Å². The minimum atomic E-state index is -0.484. The van der Waals surface area contributed by atoms with Crippen LogP contribution in [-0.2, 0) is 11.4 Å². The lowest BCUT2D eigenvalue weighted by Gasteiger charge is -2.12. The van der Waals surface area contributed by atoms with Crippen LogP contribution in [0.4, 0.5) is 5.69 Å². The standard InChI is InChI=1S/C25H19ClI2N2O2/c1-15-3-6-17(7-4-15)14-32-24-21(27)10-18(11-22(24)28)9-19(13-29)25(31)30-23-12-20(26)8-5-16(23)2/h3-12H,14H2,1-2H3,(H,30,31)/b19-9+. The number of nitrogens with one attached hydrogen (secondary N) is 1. The van der Waals surface area contributed by atoms with Gasteiger partial charge in [-0.1, -0.05) is 47.5 Å². The third-order valence-corrected chi connectivity index (χ3v) is 6.49. The first-order chi connectivity index (χ1) is 15.3. The summed E-state index contributed by atoms with van der Waals surface area (Å²) in [4.78, 5) is 12.7. The number of benzene rings is 3. The van der Waals surface area contributed by atoms with E-state index in [0.717, 1.165) is 29.6 Å². The molecule has 3 aromatic carbocycles. The molecule has 0 aliphatic carbocycles. The fourth-order valence-electron chi connectivity index (χ4n) is 2.87. The van der Waals surface area contributed by atoms with E-state index in [1.807, 2.05) is 43.3 Å². The summed E-state index contributed by atoms with van der Waals surface area (Å²) in [5, 5.41) is 12.8. The van der Waals surface area contributed by atoms with Crippen molar-refractivity contribution in [2.24, 2.45) is 0 Å². The maximum Gasteiger partial charge on any atom is 0.266 e. The SMILES string of the molecule is Cc1ccc(COc2c(I)cc(/C=C(\C#N)C(=O)Nc3cc(Cl)ccc3C)cc2I)cc1. The van der Waals surface area contributed by atoms with Crippen LogP contribution in [0.25, 0.3) is 6.08 Å². The van der Waals surface area contributed by atoms with Crippen LogP contribution in [0, 0.1) is 32.3 Å². The van der Waals surface area contributed by atoms with Crippen LogP contribution in [0.3, 0.4) is 0 Å². The molecule has 0 spiro atoms. The summed E-state index contributed by atoms with van der Waals surface area (Å²) in [7, 11) is 0. The molecule has 0 saturated carbocycles. The number of halogens is 3. The van der Waals surface area contributed by atoms with Crippen LogP contribution in [0.2, 0.25) is 5.02 Å². The number of hydrogen-bond acceptors (Lipinski definition) is 3. The second-order valence-electron chi connectivity index (χ2n) is 7.17. The predicted molar refractivity (Wildman–Crippen MR) is 146 cm³/mol. The number of rotatable bonds is 6. The van der Waals surface area contributed by atoms with Gasteiger partial charge in [-0.2, -0.15) is 5.26 Å². The van der Waals surface area contributed by atoms with E-state index in [2.05, 4.69) is 69.6 Å². The Kier molecular flexibility index (Phi) is 8.57. The average Bonchev–Trinajstić information content (AvgIpc) is 2.75. The summed E-state index contributed by atoms with van der Waals surface area (Å²) in [6.45, 7) is 4.38. The summed E-state index contributed by atoms with van der Waals surface area (Å²) in [5.74, 6) is 0.295. The van der Waals surface area contributed by atoms with Gasteiger partial charge in [-0.15, -0.1) is 0 Å². The maximum absolute atomic E-state index is 12.7. The van der Waals surface area contributed by atoms with Gasteiger partial charge in [-0.05, 0) is 106 Å². The molecule has 0 fully saturated rings. The third kappa shape index (κ3) is 6.47. The van der Waals surface area contributed by atoms with Gasteiger partial charge in [0.2, 0.25) is 0 Å². The van der Waals surface area contributed by atoms with E-state index >= 15 is 0 Å². The number of amides is 1. The minimum Gasteiger partial charge on any atom is -0.487 e. The molecule has 1 amide bonds. The molecule has 7 heteroatoms. The van der Waals surface area contributed by atoms with Crippen molar-refractivity contribution >= 4 is 74.5 Å². The summed E-state index contributed by atoms with van der Waals surface area (Å²) in [6.07, 6.45) is 1.57. The third-order valence-electron chi connectivity index (χ3n) is 4.65. The molecule has 162 valence electrons. The number of carbonyl (C=O) groups excluding carboxylic acids is 1. The van der Waals surface area contributed by atoms with Crippen LogP contribution in [0.1, 0.15) is 22.3 Å². The highest BCUT2D eigenvalue weighted by Gasteiger charge is 2.14. The van der Waals surface area contributed by atoms with E-state index in [1.165, 1.54) is 5.56 Å². The average molecular weight is 669 g/mol. The van der Waals surface area contributed by atoms with Crippen LogP contribution < -0.4 is 10.1 Å². The second-order valence-corrected chi connectivity index (χ2v) is 9.93.